The van der Waals surface area contributed by atoms with E-state index in [0.29, 0.717) is 6.04 Å². The van der Waals surface area contributed by atoms with Gasteiger partial charge in [-0.25, -0.2) is 0 Å². The van der Waals surface area contributed by atoms with Gasteiger partial charge in [0.05, 0.1) is 5.69 Å². The summed E-state index contributed by atoms with van der Waals surface area (Å²) in [4.78, 5) is 4.19. The van der Waals surface area contributed by atoms with Crippen molar-refractivity contribution in [1.82, 2.24) is 10.3 Å². The molecule has 0 spiro atoms. The van der Waals surface area contributed by atoms with Gasteiger partial charge in [-0.15, -0.1) is 0 Å². The van der Waals surface area contributed by atoms with Gasteiger partial charge >= 0.3 is 0 Å². The van der Waals surface area contributed by atoms with Gasteiger partial charge in [0.1, 0.15) is 0 Å². The molecule has 2 nitrogen and oxygen atoms in total. The lowest BCUT2D eigenvalue weighted by Crippen LogP contribution is -2.13. The topological polar surface area (TPSA) is 24.9 Å². The Hall–Kier alpha value is -0.890. The Morgan fingerprint density at radius 2 is 2.30 bits per heavy atom. The molecule has 0 saturated heterocycles. The Labute approximate surface area is 61.3 Å². The van der Waals surface area contributed by atoms with E-state index in [1.807, 2.05) is 31.4 Å². The molecule has 0 aromatic carbocycles. The summed E-state index contributed by atoms with van der Waals surface area (Å²) in [6, 6.07) is 6.28. The minimum absolute atomic E-state index is 0.348. The molecule has 0 fully saturated rings. The van der Waals surface area contributed by atoms with Crippen molar-refractivity contribution in [3.63, 3.8) is 0 Å². The van der Waals surface area contributed by atoms with Crippen molar-refractivity contribution in [2.75, 3.05) is 7.05 Å². The van der Waals surface area contributed by atoms with E-state index in [2.05, 4.69) is 17.2 Å². The summed E-state index contributed by atoms with van der Waals surface area (Å²) in [5.41, 5.74) is 1.09. The van der Waals surface area contributed by atoms with Gasteiger partial charge in [0, 0.05) is 12.2 Å². The molecule has 0 aliphatic carbocycles. The van der Waals surface area contributed by atoms with Gasteiger partial charge in [-0.3, -0.25) is 4.98 Å². The molecule has 54 valence electrons. The third-order valence-electron chi connectivity index (χ3n) is 1.56. The summed E-state index contributed by atoms with van der Waals surface area (Å²) in [6.45, 7) is 2.09. The standard InChI is InChI=1S/C8H12N2/c1-7(9-2)8-5-3-4-6-10-8/h3-7,9H,1-2H3/t7-/m0/s1. The van der Waals surface area contributed by atoms with Crippen LogP contribution < -0.4 is 5.32 Å². The minimum Gasteiger partial charge on any atom is -0.312 e. The first-order chi connectivity index (χ1) is 4.84. The number of hydrogen-bond donors (Lipinski definition) is 1. The smallest absolute Gasteiger partial charge is 0.0570 e. The third kappa shape index (κ3) is 1.54. The van der Waals surface area contributed by atoms with Crippen LogP contribution in [0, 0.1) is 0 Å². The highest BCUT2D eigenvalue weighted by atomic mass is 14.9. The second-order valence-electron chi connectivity index (χ2n) is 2.26. The summed E-state index contributed by atoms with van der Waals surface area (Å²) >= 11 is 0. The maximum absolute atomic E-state index is 4.19. The molecule has 1 heterocycles. The second-order valence-corrected chi connectivity index (χ2v) is 2.26. The Morgan fingerprint density at radius 3 is 2.80 bits per heavy atom. The van der Waals surface area contributed by atoms with Gasteiger partial charge in [0.25, 0.3) is 0 Å². The van der Waals surface area contributed by atoms with E-state index in [9.17, 15) is 0 Å². The molecule has 1 aromatic rings. The minimum atomic E-state index is 0.348. The van der Waals surface area contributed by atoms with Gasteiger partial charge in [-0.05, 0) is 26.1 Å². The van der Waals surface area contributed by atoms with Crippen LogP contribution in [-0.4, -0.2) is 12.0 Å². The van der Waals surface area contributed by atoms with E-state index in [4.69, 9.17) is 0 Å². The van der Waals surface area contributed by atoms with Gasteiger partial charge < -0.3 is 5.32 Å². The molecule has 2 heteroatoms. The molecule has 0 aliphatic rings. The molecule has 0 bridgehead atoms. The van der Waals surface area contributed by atoms with Crippen LogP contribution >= 0.6 is 0 Å². The largest absolute Gasteiger partial charge is 0.312 e. The zero-order valence-corrected chi connectivity index (χ0v) is 6.33. The summed E-state index contributed by atoms with van der Waals surface area (Å²) in [5.74, 6) is 0. The molecule has 0 unspecified atom stereocenters. The lowest BCUT2D eigenvalue weighted by molar-refractivity contribution is 0.633. The van der Waals surface area contributed by atoms with Crippen LogP contribution in [0.3, 0.4) is 0 Å². The molecule has 1 rings (SSSR count). The van der Waals surface area contributed by atoms with E-state index in [1.54, 1.807) is 0 Å². The molecule has 0 aliphatic heterocycles. The highest BCUT2D eigenvalue weighted by Gasteiger charge is 1.99. The van der Waals surface area contributed by atoms with Crippen molar-refractivity contribution in [3.8, 4) is 0 Å². The fourth-order valence-corrected chi connectivity index (χ4v) is 0.780. The first kappa shape index (κ1) is 7.22. The predicted octanol–water partition coefficient (Wildman–Crippen LogP) is 1.36. The Kier molecular flexibility index (Phi) is 2.40. The van der Waals surface area contributed by atoms with Crippen molar-refractivity contribution in [3.05, 3.63) is 30.1 Å². The van der Waals surface area contributed by atoms with Gasteiger partial charge in [0.2, 0.25) is 0 Å². The number of hydrogen-bond acceptors (Lipinski definition) is 2. The summed E-state index contributed by atoms with van der Waals surface area (Å²) < 4.78 is 0. The van der Waals surface area contributed by atoms with Crippen LogP contribution in [0.25, 0.3) is 0 Å². The number of rotatable bonds is 2. The van der Waals surface area contributed by atoms with Gasteiger partial charge in [0.15, 0.2) is 0 Å². The van der Waals surface area contributed by atoms with Crippen molar-refractivity contribution < 1.29 is 0 Å². The van der Waals surface area contributed by atoms with Crippen molar-refractivity contribution in [2.45, 2.75) is 13.0 Å². The average Bonchev–Trinajstić information content (AvgIpc) is 2.05. The first-order valence-corrected chi connectivity index (χ1v) is 3.43. The molecule has 0 saturated carbocycles. The van der Waals surface area contributed by atoms with Crippen molar-refractivity contribution in [1.29, 1.82) is 0 Å². The zero-order chi connectivity index (χ0) is 7.40. The normalized spacial score (nSPS) is 13.0. The van der Waals surface area contributed by atoms with Crippen LogP contribution in [0.15, 0.2) is 24.4 Å². The molecule has 10 heavy (non-hydrogen) atoms. The first-order valence-electron chi connectivity index (χ1n) is 3.43. The summed E-state index contributed by atoms with van der Waals surface area (Å²) in [6.07, 6.45) is 1.81. The van der Waals surface area contributed by atoms with E-state index in [1.165, 1.54) is 0 Å². The van der Waals surface area contributed by atoms with E-state index < -0.39 is 0 Å². The number of aromatic nitrogens is 1. The number of nitrogens with zero attached hydrogens (tertiary/aromatic N) is 1. The SMILES string of the molecule is CN[C@@H](C)c1ccccn1. The van der Waals surface area contributed by atoms with E-state index in [-0.39, 0.29) is 0 Å². The molecular formula is C8H12N2. The Bertz CT molecular complexity index is 184. The fraction of sp³-hybridized carbons (Fsp3) is 0.375. The third-order valence-corrected chi connectivity index (χ3v) is 1.56. The number of nitrogens with one attached hydrogen (secondary N) is 1. The van der Waals surface area contributed by atoms with Crippen LogP contribution in [0.4, 0.5) is 0 Å². The summed E-state index contributed by atoms with van der Waals surface area (Å²) in [5, 5.41) is 3.12. The van der Waals surface area contributed by atoms with Crippen LogP contribution in [0.5, 0.6) is 0 Å². The predicted molar refractivity (Wildman–Crippen MR) is 41.7 cm³/mol. The monoisotopic (exact) mass is 136 g/mol. The lowest BCUT2D eigenvalue weighted by Gasteiger charge is -2.07. The maximum Gasteiger partial charge on any atom is 0.0570 e. The van der Waals surface area contributed by atoms with E-state index >= 15 is 0 Å². The lowest BCUT2D eigenvalue weighted by atomic mass is 10.2. The molecule has 1 atom stereocenters. The summed E-state index contributed by atoms with van der Waals surface area (Å²) in [7, 11) is 1.93. The highest BCUT2D eigenvalue weighted by Crippen LogP contribution is 2.05. The highest BCUT2D eigenvalue weighted by molar-refractivity contribution is 5.07. The Morgan fingerprint density at radius 1 is 1.50 bits per heavy atom. The van der Waals surface area contributed by atoms with Gasteiger partial charge in [-0.2, -0.15) is 0 Å². The quantitative estimate of drug-likeness (QED) is 0.664. The molecule has 1 N–H and O–H groups in total. The fourth-order valence-electron chi connectivity index (χ4n) is 0.780. The average molecular weight is 136 g/mol. The van der Waals surface area contributed by atoms with Crippen LogP contribution in [0.1, 0.15) is 18.7 Å². The van der Waals surface area contributed by atoms with Crippen molar-refractivity contribution in [2.24, 2.45) is 0 Å². The second kappa shape index (κ2) is 3.32. The Balaban J connectivity index is 2.75. The zero-order valence-electron chi connectivity index (χ0n) is 6.33. The van der Waals surface area contributed by atoms with Crippen LogP contribution in [-0.2, 0) is 0 Å². The van der Waals surface area contributed by atoms with Crippen molar-refractivity contribution >= 4 is 0 Å². The molecule has 0 radical (unpaired) electrons. The van der Waals surface area contributed by atoms with Gasteiger partial charge in [-0.1, -0.05) is 6.07 Å². The molecular weight excluding hydrogens is 124 g/mol. The van der Waals surface area contributed by atoms with E-state index in [0.717, 1.165) is 5.69 Å². The molecule has 1 aromatic heterocycles. The molecule has 0 amide bonds. The van der Waals surface area contributed by atoms with Crippen LogP contribution in [0.2, 0.25) is 0 Å². The maximum atomic E-state index is 4.19. The number of pyridine rings is 1.